The number of anilines is 1. The van der Waals surface area contributed by atoms with Gasteiger partial charge in [-0.05, 0) is 20.4 Å². The number of H-pyrrole nitrogens is 1. The molecule has 0 saturated heterocycles. The molecule has 9 heteroatoms. The van der Waals surface area contributed by atoms with Gasteiger partial charge in [0.15, 0.2) is 11.2 Å². The van der Waals surface area contributed by atoms with Gasteiger partial charge >= 0.3 is 0 Å². The summed E-state index contributed by atoms with van der Waals surface area (Å²) in [5, 5.41) is 5.65. The van der Waals surface area contributed by atoms with Crippen LogP contribution < -0.4 is 16.2 Å². The molecule has 136 valence electrons. The van der Waals surface area contributed by atoms with E-state index in [0.29, 0.717) is 18.2 Å². The van der Waals surface area contributed by atoms with Gasteiger partial charge in [-0.25, -0.2) is 9.97 Å². The van der Waals surface area contributed by atoms with Gasteiger partial charge < -0.3 is 10.6 Å². The summed E-state index contributed by atoms with van der Waals surface area (Å²) < 4.78 is 0. The minimum atomic E-state index is -0.351. The van der Waals surface area contributed by atoms with Crippen LogP contribution in [0.3, 0.4) is 0 Å². The molecule has 0 aliphatic rings. The number of unbranched alkanes of at least 4 members (excludes halogenated alkanes) is 1. The van der Waals surface area contributed by atoms with Crippen LogP contribution in [0, 0.1) is 0 Å². The minimum Gasteiger partial charge on any atom is -0.359 e. The topological polar surface area (TPSA) is 116 Å². The van der Waals surface area contributed by atoms with Crippen molar-refractivity contribution in [1.82, 2.24) is 30.2 Å². The van der Waals surface area contributed by atoms with E-state index >= 15 is 0 Å². The molecule has 9 nitrogen and oxygen atoms in total. The minimum absolute atomic E-state index is 0.0327. The lowest BCUT2D eigenvalue weighted by atomic mass is 10.2. The number of nitrogens with zero attached hydrogens (tertiary/aromatic N) is 4. The molecule has 1 unspecified atom stereocenters. The van der Waals surface area contributed by atoms with Crippen molar-refractivity contribution in [3.8, 4) is 0 Å². The van der Waals surface area contributed by atoms with Crippen LogP contribution in [0.5, 0.6) is 0 Å². The predicted molar refractivity (Wildman–Crippen MR) is 96.5 cm³/mol. The molecule has 0 aliphatic carbocycles. The van der Waals surface area contributed by atoms with Crippen LogP contribution >= 0.6 is 0 Å². The van der Waals surface area contributed by atoms with Gasteiger partial charge in [-0.1, -0.05) is 13.3 Å². The number of carbonyl (C=O) groups excluding carboxylic acids is 1. The van der Waals surface area contributed by atoms with Crippen molar-refractivity contribution >= 4 is 23.0 Å². The number of likely N-dealkylation sites (N-methyl/N-ethyl adjacent to an activating group) is 1. The standard InChI is InChI=1S/C16H25N7O2/c1-5-6-7-18-12(24)9-23(4)10(2)11-8-19-14-13(20-11)15(25)22-16(17-3)21-14/h8,10H,5-7,9H2,1-4H3,(H,18,24)(H2,17,19,21,22,25). The average molecular weight is 347 g/mol. The summed E-state index contributed by atoms with van der Waals surface area (Å²) in [6.45, 7) is 4.92. The number of carbonyl (C=O) groups is 1. The van der Waals surface area contributed by atoms with Gasteiger partial charge in [-0.15, -0.1) is 0 Å². The van der Waals surface area contributed by atoms with Crippen LogP contribution in [-0.2, 0) is 4.79 Å². The first-order valence-electron chi connectivity index (χ1n) is 8.38. The highest BCUT2D eigenvalue weighted by molar-refractivity contribution is 5.78. The van der Waals surface area contributed by atoms with Crippen molar-refractivity contribution in [1.29, 1.82) is 0 Å². The Labute approximate surface area is 146 Å². The van der Waals surface area contributed by atoms with Crippen molar-refractivity contribution in [2.45, 2.75) is 32.7 Å². The Hall–Kier alpha value is -2.55. The van der Waals surface area contributed by atoms with Crippen molar-refractivity contribution in [2.24, 2.45) is 0 Å². The highest BCUT2D eigenvalue weighted by Gasteiger charge is 2.18. The number of aromatic amines is 1. The number of amides is 1. The fourth-order valence-corrected chi connectivity index (χ4v) is 2.30. The zero-order valence-electron chi connectivity index (χ0n) is 15.1. The normalized spacial score (nSPS) is 12.4. The van der Waals surface area contributed by atoms with Crippen molar-refractivity contribution in [3.05, 3.63) is 22.2 Å². The largest absolute Gasteiger partial charge is 0.359 e. The molecule has 0 saturated carbocycles. The quantitative estimate of drug-likeness (QED) is 0.601. The van der Waals surface area contributed by atoms with Crippen molar-refractivity contribution < 1.29 is 4.79 Å². The van der Waals surface area contributed by atoms with Gasteiger partial charge in [0.1, 0.15) is 0 Å². The van der Waals surface area contributed by atoms with Crippen LogP contribution in [0.2, 0.25) is 0 Å². The van der Waals surface area contributed by atoms with E-state index in [0.717, 1.165) is 12.8 Å². The molecule has 0 aliphatic heterocycles. The molecule has 0 fully saturated rings. The second kappa shape index (κ2) is 8.52. The maximum absolute atomic E-state index is 12.1. The van der Waals surface area contributed by atoms with Gasteiger partial charge in [0, 0.05) is 13.6 Å². The second-order valence-electron chi connectivity index (χ2n) is 5.93. The Kier molecular flexibility index (Phi) is 6.40. The van der Waals surface area contributed by atoms with E-state index in [9.17, 15) is 9.59 Å². The summed E-state index contributed by atoms with van der Waals surface area (Å²) in [4.78, 5) is 41.3. The zero-order valence-corrected chi connectivity index (χ0v) is 15.1. The van der Waals surface area contributed by atoms with Gasteiger partial charge in [-0.3, -0.25) is 19.5 Å². The smallest absolute Gasteiger partial charge is 0.280 e. The van der Waals surface area contributed by atoms with Crippen LogP contribution in [0.15, 0.2) is 11.0 Å². The fourth-order valence-electron chi connectivity index (χ4n) is 2.30. The molecule has 0 aromatic carbocycles. The van der Waals surface area contributed by atoms with Gasteiger partial charge in [-0.2, -0.15) is 4.98 Å². The predicted octanol–water partition coefficient (Wildman–Crippen LogP) is 0.664. The molecule has 1 amide bonds. The van der Waals surface area contributed by atoms with E-state index in [1.54, 1.807) is 13.2 Å². The molecule has 2 heterocycles. The third kappa shape index (κ3) is 4.72. The number of rotatable bonds is 8. The Morgan fingerprint density at radius 3 is 2.84 bits per heavy atom. The zero-order chi connectivity index (χ0) is 18.4. The third-order valence-corrected chi connectivity index (χ3v) is 4.01. The molecule has 0 radical (unpaired) electrons. The molecule has 3 N–H and O–H groups in total. The highest BCUT2D eigenvalue weighted by Crippen LogP contribution is 2.16. The number of hydrogen-bond acceptors (Lipinski definition) is 7. The van der Waals surface area contributed by atoms with E-state index in [4.69, 9.17) is 0 Å². The summed E-state index contributed by atoms with van der Waals surface area (Å²) in [5.74, 6) is 0.309. The summed E-state index contributed by atoms with van der Waals surface area (Å²) >= 11 is 0. The fraction of sp³-hybridized carbons (Fsp3) is 0.562. The molecule has 2 aromatic rings. The monoisotopic (exact) mass is 347 g/mol. The first-order chi connectivity index (χ1) is 12.0. The van der Waals surface area contributed by atoms with Crippen LogP contribution in [-0.4, -0.2) is 57.9 Å². The van der Waals surface area contributed by atoms with Gasteiger partial charge in [0.25, 0.3) is 5.56 Å². The van der Waals surface area contributed by atoms with Gasteiger partial charge in [0.2, 0.25) is 11.9 Å². The van der Waals surface area contributed by atoms with Crippen molar-refractivity contribution in [3.63, 3.8) is 0 Å². The van der Waals surface area contributed by atoms with E-state index in [1.165, 1.54) is 0 Å². The number of fused-ring (bicyclic) bond motifs is 1. The maximum atomic E-state index is 12.1. The lowest BCUT2D eigenvalue weighted by molar-refractivity contribution is -0.122. The molecule has 1 atom stereocenters. The lowest BCUT2D eigenvalue weighted by Crippen LogP contribution is -2.37. The SMILES string of the molecule is CCCCNC(=O)CN(C)C(C)c1cnc2nc(NC)[nH]c(=O)c2n1. The Bertz CT molecular complexity index is 790. The highest BCUT2D eigenvalue weighted by atomic mass is 16.2. The molecule has 0 spiro atoms. The summed E-state index contributed by atoms with van der Waals surface area (Å²) in [6.07, 6.45) is 3.59. The summed E-state index contributed by atoms with van der Waals surface area (Å²) in [6, 6.07) is -0.169. The molecule has 0 bridgehead atoms. The third-order valence-electron chi connectivity index (χ3n) is 4.01. The summed E-state index contributed by atoms with van der Waals surface area (Å²) in [5.41, 5.74) is 0.727. The average Bonchev–Trinajstić information content (AvgIpc) is 2.60. The number of aromatic nitrogens is 4. The molecule has 25 heavy (non-hydrogen) atoms. The number of nitrogens with one attached hydrogen (secondary N) is 3. The molecule has 2 rings (SSSR count). The lowest BCUT2D eigenvalue weighted by Gasteiger charge is -2.23. The summed E-state index contributed by atoms with van der Waals surface area (Å²) in [7, 11) is 3.50. The first-order valence-corrected chi connectivity index (χ1v) is 8.38. The Balaban J connectivity index is 2.13. The number of hydrogen-bond donors (Lipinski definition) is 3. The molecular weight excluding hydrogens is 322 g/mol. The van der Waals surface area contributed by atoms with Crippen LogP contribution in [0.25, 0.3) is 11.2 Å². The van der Waals surface area contributed by atoms with Crippen LogP contribution in [0.1, 0.15) is 38.4 Å². The van der Waals surface area contributed by atoms with E-state index < -0.39 is 0 Å². The van der Waals surface area contributed by atoms with E-state index in [2.05, 4.69) is 37.5 Å². The van der Waals surface area contributed by atoms with Crippen molar-refractivity contribution in [2.75, 3.05) is 32.5 Å². The second-order valence-corrected chi connectivity index (χ2v) is 5.93. The first kappa shape index (κ1) is 18.8. The van der Waals surface area contributed by atoms with E-state index in [-0.39, 0.29) is 35.2 Å². The van der Waals surface area contributed by atoms with Gasteiger partial charge in [0.05, 0.1) is 24.5 Å². The maximum Gasteiger partial charge on any atom is 0.280 e. The van der Waals surface area contributed by atoms with Crippen LogP contribution in [0.4, 0.5) is 5.95 Å². The molecular formula is C16H25N7O2. The van der Waals surface area contributed by atoms with E-state index in [1.807, 2.05) is 18.9 Å². The Morgan fingerprint density at radius 2 is 2.16 bits per heavy atom. The molecule has 2 aromatic heterocycles. The Morgan fingerprint density at radius 1 is 1.40 bits per heavy atom.